The maximum absolute atomic E-state index is 12.4. The minimum absolute atomic E-state index is 0.0530. The van der Waals surface area contributed by atoms with Gasteiger partial charge in [0.2, 0.25) is 0 Å². The van der Waals surface area contributed by atoms with E-state index in [4.69, 9.17) is 0 Å². The van der Waals surface area contributed by atoms with Crippen molar-refractivity contribution in [2.24, 2.45) is 0 Å². The molecule has 2 aromatic heterocycles. The molecule has 0 spiro atoms. The van der Waals surface area contributed by atoms with Crippen LogP contribution in [0.5, 0.6) is 0 Å². The quantitative estimate of drug-likeness (QED) is 0.922. The van der Waals surface area contributed by atoms with E-state index in [1.54, 1.807) is 11.3 Å². The van der Waals surface area contributed by atoms with Crippen molar-refractivity contribution in [1.82, 2.24) is 14.8 Å². The fraction of sp³-hybridized carbons (Fsp3) is 0.562. The van der Waals surface area contributed by atoms with Crippen LogP contribution in [-0.4, -0.2) is 41.6 Å². The van der Waals surface area contributed by atoms with Crippen LogP contribution >= 0.6 is 11.3 Å². The Balaban J connectivity index is 1.59. The highest BCUT2D eigenvalue weighted by Gasteiger charge is 2.16. The highest BCUT2D eigenvalue weighted by Crippen LogP contribution is 2.25. The van der Waals surface area contributed by atoms with Crippen LogP contribution in [0.1, 0.15) is 36.7 Å². The number of piperidine rings is 1. The number of aryl methyl sites for hydroxylation is 1. The topological polar surface area (TPSA) is 37.3 Å². The van der Waals surface area contributed by atoms with Crippen LogP contribution in [0, 0.1) is 0 Å². The van der Waals surface area contributed by atoms with E-state index < -0.39 is 0 Å². The third-order valence-electron chi connectivity index (χ3n) is 4.23. The minimum atomic E-state index is 0.0530. The van der Waals surface area contributed by atoms with Crippen molar-refractivity contribution in [1.29, 1.82) is 0 Å². The summed E-state index contributed by atoms with van der Waals surface area (Å²) in [6.45, 7) is 6.97. The van der Waals surface area contributed by atoms with E-state index in [2.05, 4.69) is 33.2 Å². The molecule has 0 atom stereocenters. The van der Waals surface area contributed by atoms with Crippen LogP contribution in [0.3, 0.4) is 0 Å². The molecule has 3 heterocycles. The van der Waals surface area contributed by atoms with E-state index in [1.165, 1.54) is 42.6 Å². The minimum Gasteiger partial charge on any atom is -0.349 e. The van der Waals surface area contributed by atoms with Crippen molar-refractivity contribution in [3.63, 3.8) is 0 Å². The standard InChI is InChI=1S/C16H23N3OS/c1-2-19-13-6-11-21-15(13)12-14(19)16(20)17-7-10-18-8-4-3-5-9-18/h6,11-12H,2-5,7-10H2,1H3,(H,17,20). The zero-order valence-corrected chi connectivity index (χ0v) is 13.4. The Kier molecular flexibility index (Phi) is 4.60. The SMILES string of the molecule is CCn1c(C(=O)NCCN2CCCCC2)cc2sccc21. The molecule has 114 valence electrons. The van der Waals surface area contributed by atoms with E-state index in [0.29, 0.717) is 0 Å². The van der Waals surface area contributed by atoms with Gasteiger partial charge in [-0.15, -0.1) is 11.3 Å². The molecule has 1 aliphatic heterocycles. The van der Waals surface area contributed by atoms with Gasteiger partial charge in [0.15, 0.2) is 0 Å². The molecule has 0 radical (unpaired) electrons. The molecule has 21 heavy (non-hydrogen) atoms. The van der Waals surface area contributed by atoms with E-state index in [9.17, 15) is 4.79 Å². The number of hydrogen-bond donors (Lipinski definition) is 1. The van der Waals surface area contributed by atoms with Crippen molar-refractivity contribution in [2.75, 3.05) is 26.2 Å². The first-order valence-electron chi connectivity index (χ1n) is 7.87. The highest BCUT2D eigenvalue weighted by molar-refractivity contribution is 7.17. The average molecular weight is 305 g/mol. The molecular formula is C16H23N3OS. The van der Waals surface area contributed by atoms with Crippen molar-refractivity contribution in [2.45, 2.75) is 32.7 Å². The van der Waals surface area contributed by atoms with Gasteiger partial charge < -0.3 is 14.8 Å². The molecule has 0 aliphatic carbocycles. The van der Waals surface area contributed by atoms with Gasteiger partial charge in [-0.25, -0.2) is 0 Å². The number of aromatic nitrogens is 1. The molecule has 1 N–H and O–H groups in total. The van der Waals surface area contributed by atoms with Gasteiger partial charge in [-0.3, -0.25) is 4.79 Å². The van der Waals surface area contributed by atoms with Crippen molar-refractivity contribution >= 4 is 27.5 Å². The van der Waals surface area contributed by atoms with Gasteiger partial charge in [0.1, 0.15) is 5.69 Å². The van der Waals surface area contributed by atoms with Gasteiger partial charge >= 0.3 is 0 Å². The Bertz CT molecular complexity index is 610. The number of nitrogens with one attached hydrogen (secondary N) is 1. The molecule has 1 fully saturated rings. The molecule has 4 nitrogen and oxygen atoms in total. The van der Waals surface area contributed by atoms with Gasteiger partial charge in [0.25, 0.3) is 5.91 Å². The Morgan fingerprint density at radius 1 is 1.33 bits per heavy atom. The second kappa shape index (κ2) is 6.62. The molecule has 5 heteroatoms. The first kappa shape index (κ1) is 14.6. The lowest BCUT2D eigenvalue weighted by molar-refractivity contribution is 0.0938. The molecular weight excluding hydrogens is 282 g/mol. The average Bonchev–Trinajstić information content (AvgIpc) is 3.08. The summed E-state index contributed by atoms with van der Waals surface area (Å²) < 4.78 is 3.29. The third-order valence-corrected chi connectivity index (χ3v) is 5.09. The van der Waals surface area contributed by atoms with Crippen molar-refractivity contribution < 1.29 is 4.79 Å². The van der Waals surface area contributed by atoms with Gasteiger partial charge in [0.05, 0.1) is 10.2 Å². The molecule has 0 aromatic carbocycles. The monoisotopic (exact) mass is 305 g/mol. The van der Waals surface area contributed by atoms with Crippen LogP contribution in [0.2, 0.25) is 0 Å². The number of nitrogens with zero attached hydrogens (tertiary/aromatic N) is 2. The van der Waals surface area contributed by atoms with Crippen LogP contribution < -0.4 is 5.32 Å². The normalized spacial score (nSPS) is 16.4. The number of rotatable bonds is 5. The molecule has 0 unspecified atom stereocenters. The summed E-state index contributed by atoms with van der Waals surface area (Å²) in [5.74, 6) is 0.0530. The number of carbonyl (C=O) groups is 1. The Labute approximate surface area is 129 Å². The summed E-state index contributed by atoms with van der Waals surface area (Å²) in [5.41, 5.74) is 1.96. The number of carbonyl (C=O) groups excluding carboxylic acids is 1. The zero-order chi connectivity index (χ0) is 14.7. The first-order chi connectivity index (χ1) is 10.3. The van der Waals surface area contributed by atoms with Gasteiger partial charge in [-0.2, -0.15) is 0 Å². The number of amides is 1. The lowest BCUT2D eigenvalue weighted by Gasteiger charge is -2.26. The van der Waals surface area contributed by atoms with E-state index in [0.717, 1.165) is 25.3 Å². The smallest absolute Gasteiger partial charge is 0.268 e. The summed E-state index contributed by atoms with van der Waals surface area (Å²) in [6, 6.07) is 4.10. The number of hydrogen-bond acceptors (Lipinski definition) is 3. The fourth-order valence-electron chi connectivity index (χ4n) is 3.11. The van der Waals surface area contributed by atoms with Gasteiger partial charge in [-0.1, -0.05) is 6.42 Å². The van der Waals surface area contributed by atoms with Gasteiger partial charge in [-0.05, 0) is 50.4 Å². The van der Waals surface area contributed by atoms with E-state index >= 15 is 0 Å². The van der Waals surface area contributed by atoms with Crippen LogP contribution in [0.4, 0.5) is 0 Å². The Hall–Kier alpha value is -1.33. The van der Waals surface area contributed by atoms with Crippen molar-refractivity contribution in [3.05, 3.63) is 23.2 Å². The second-order valence-electron chi connectivity index (χ2n) is 5.60. The lowest BCUT2D eigenvalue weighted by Crippen LogP contribution is -2.38. The summed E-state index contributed by atoms with van der Waals surface area (Å²) in [5, 5.41) is 5.15. The Morgan fingerprint density at radius 3 is 2.90 bits per heavy atom. The molecule has 0 bridgehead atoms. The lowest BCUT2D eigenvalue weighted by atomic mass is 10.1. The van der Waals surface area contributed by atoms with Crippen LogP contribution in [0.25, 0.3) is 10.2 Å². The summed E-state index contributed by atoms with van der Waals surface area (Å²) in [6.07, 6.45) is 3.94. The predicted octanol–water partition coefficient (Wildman–Crippen LogP) is 2.94. The molecule has 2 aromatic rings. The predicted molar refractivity (Wildman–Crippen MR) is 88.1 cm³/mol. The number of fused-ring (bicyclic) bond motifs is 1. The molecule has 1 aliphatic rings. The number of likely N-dealkylation sites (tertiary alicyclic amines) is 1. The molecule has 1 saturated heterocycles. The maximum Gasteiger partial charge on any atom is 0.268 e. The zero-order valence-electron chi connectivity index (χ0n) is 12.6. The van der Waals surface area contributed by atoms with E-state index in [-0.39, 0.29) is 5.91 Å². The highest BCUT2D eigenvalue weighted by atomic mass is 32.1. The molecule has 0 saturated carbocycles. The second-order valence-corrected chi connectivity index (χ2v) is 6.55. The number of thiophene rings is 1. The van der Waals surface area contributed by atoms with Crippen LogP contribution in [0.15, 0.2) is 17.5 Å². The maximum atomic E-state index is 12.4. The van der Waals surface area contributed by atoms with Crippen molar-refractivity contribution in [3.8, 4) is 0 Å². The van der Waals surface area contributed by atoms with Gasteiger partial charge in [0, 0.05) is 19.6 Å². The first-order valence-corrected chi connectivity index (χ1v) is 8.75. The Morgan fingerprint density at radius 2 is 2.14 bits per heavy atom. The molecule has 1 amide bonds. The largest absolute Gasteiger partial charge is 0.349 e. The summed E-state index contributed by atoms with van der Waals surface area (Å²) in [4.78, 5) is 14.8. The fourth-order valence-corrected chi connectivity index (χ4v) is 3.93. The summed E-state index contributed by atoms with van der Waals surface area (Å²) in [7, 11) is 0. The third kappa shape index (κ3) is 3.14. The van der Waals surface area contributed by atoms with E-state index in [1.807, 2.05) is 6.07 Å². The summed E-state index contributed by atoms with van der Waals surface area (Å²) >= 11 is 1.69. The van der Waals surface area contributed by atoms with Crippen LogP contribution in [-0.2, 0) is 6.54 Å². The molecule has 3 rings (SSSR count).